The van der Waals surface area contributed by atoms with Gasteiger partial charge in [-0.15, -0.1) is 11.8 Å². The lowest BCUT2D eigenvalue weighted by Crippen LogP contribution is -1.86. The molecule has 0 aromatic heterocycles. The van der Waals surface area contributed by atoms with Gasteiger partial charge in [-0.05, 0) is 11.5 Å². The summed E-state index contributed by atoms with van der Waals surface area (Å²) in [6.45, 7) is 0. The molecule has 1 rings (SSSR count). The Balaban J connectivity index is 0.000000187. The van der Waals surface area contributed by atoms with E-state index >= 15 is 0 Å². The zero-order valence-electron chi connectivity index (χ0n) is 4.65. The number of carbonyl (C=O) groups is 1. The van der Waals surface area contributed by atoms with Crippen LogP contribution in [0.2, 0.25) is 0 Å². The molecule has 0 saturated heterocycles. The summed E-state index contributed by atoms with van der Waals surface area (Å²) >= 11 is 1.55. The van der Waals surface area contributed by atoms with Gasteiger partial charge in [0.2, 0.25) is 0 Å². The maximum Gasteiger partial charge on any atom is 0.482 e. The first-order chi connectivity index (χ1) is 4.31. The fraction of sp³-hybridized carbons (Fsp3) is 0.250. The van der Waals surface area contributed by atoms with Crippen molar-refractivity contribution in [3.8, 4) is 0 Å². The van der Waals surface area contributed by atoms with Crippen LogP contribution in [-0.2, 0) is 4.79 Å². The van der Waals surface area contributed by atoms with Gasteiger partial charge >= 0.3 is 7.69 Å². The molecule has 2 N–H and O–H groups in total. The molecule has 0 aliphatic carbocycles. The fourth-order valence-corrected chi connectivity index (χ4v) is 0.907. The molecule has 0 fully saturated rings. The third-order valence-electron chi connectivity index (χ3n) is 0.576. The zero-order valence-corrected chi connectivity index (χ0v) is 5.47. The number of carbonyl (C=O) groups excluding carboxylic acids is 1. The van der Waals surface area contributed by atoms with Crippen LogP contribution in [-0.4, -0.2) is 29.3 Å². The Morgan fingerprint density at radius 2 is 2.22 bits per heavy atom. The lowest BCUT2D eigenvalue weighted by molar-refractivity contribution is -0.112. The normalized spacial score (nSPS) is 14.7. The quantitative estimate of drug-likeness (QED) is 0.443. The molecule has 0 saturated carbocycles. The van der Waals surface area contributed by atoms with E-state index in [1.165, 1.54) is 0 Å². The predicted octanol–water partition coefficient (Wildman–Crippen LogP) is -0.679. The Morgan fingerprint density at radius 1 is 1.67 bits per heavy atom. The zero-order chi connectivity index (χ0) is 7.11. The maximum atomic E-state index is 10.1. The second kappa shape index (κ2) is 5.87. The van der Waals surface area contributed by atoms with E-state index in [9.17, 15) is 4.79 Å². The van der Waals surface area contributed by atoms with Crippen LogP contribution in [0.4, 0.5) is 0 Å². The monoisotopic (exact) mass is 145 g/mol. The van der Waals surface area contributed by atoms with Crippen LogP contribution in [0.3, 0.4) is 0 Å². The summed E-state index contributed by atoms with van der Waals surface area (Å²) in [5, 5.41) is 15.8. The van der Waals surface area contributed by atoms with Crippen molar-refractivity contribution in [2.75, 3.05) is 5.75 Å². The van der Waals surface area contributed by atoms with Crippen molar-refractivity contribution in [3.63, 3.8) is 0 Å². The molecule has 49 valence electrons. The van der Waals surface area contributed by atoms with Gasteiger partial charge in [0, 0.05) is 0 Å². The van der Waals surface area contributed by atoms with Crippen molar-refractivity contribution in [2.45, 2.75) is 0 Å². The van der Waals surface area contributed by atoms with Crippen molar-refractivity contribution >= 4 is 25.2 Å². The van der Waals surface area contributed by atoms with Gasteiger partial charge in [0.25, 0.3) is 0 Å². The highest BCUT2D eigenvalue weighted by molar-refractivity contribution is 8.03. The SMILES string of the molecule is O=C1C=CSC1.O[B]O. The van der Waals surface area contributed by atoms with E-state index in [2.05, 4.69) is 0 Å². The first-order valence-corrected chi connectivity index (χ1v) is 3.27. The summed E-state index contributed by atoms with van der Waals surface area (Å²) < 4.78 is 0. The fourth-order valence-electron chi connectivity index (χ4n) is 0.302. The van der Waals surface area contributed by atoms with Gasteiger partial charge in [-0.2, -0.15) is 0 Å². The first-order valence-electron chi connectivity index (χ1n) is 2.22. The lowest BCUT2D eigenvalue weighted by atomic mass is 10.5. The Morgan fingerprint density at radius 3 is 2.33 bits per heavy atom. The molecule has 0 bridgehead atoms. The molecule has 1 aliphatic rings. The van der Waals surface area contributed by atoms with Crippen LogP contribution < -0.4 is 0 Å². The van der Waals surface area contributed by atoms with E-state index in [-0.39, 0.29) is 13.5 Å². The van der Waals surface area contributed by atoms with Crippen LogP contribution in [0.15, 0.2) is 11.5 Å². The molecule has 0 amide bonds. The van der Waals surface area contributed by atoms with Crippen LogP contribution in [0, 0.1) is 0 Å². The minimum Gasteiger partial charge on any atom is -0.429 e. The van der Waals surface area contributed by atoms with E-state index in [1.807, 2.05) is 5.41 Å². The summed E-state index contributed by atoms with van der Waals surface area (Å²) in [7, 11) is 0. The van der Waals surface area contributed by atoms with E-state index in [0.717, 1.165) is 0 Å². The van der Waals surface area contributed by atoms with Crippen molar-refractivity contribution in [3.05, 3.63) is 11.5 Å². The van der Waals surface area contributed by atoms with Gasteiger partial charge in [0.1, 0.15) is 0 Å². The van der Waals surface area contributed by atoms with Crippen LogP contribution in [0.5, 0.6) is 0 Å². The number of rotatable bonds is 0. The average molecular weight is 145 g/mol. The van der Waals surface area contributed by atoms with E-state index < -0.39 is 0 Å². The third kappa shape index (κ3) is 5.62. The summed E-state index contributed by atoms with van der Waals surface area (Å²) in [6, 6.07) is 0. The van der Waals surface area contributed by atoms with Crippen LogP contribution >= 0.6 is 11.8 Å². The Labute approximate surface area is 58.1 Å². The molecule has 0 aromatic carbocycles. The molecule has 1 aliphatic heterocycles. The van der Waals surface area contributed by atoms with Gasteiger partial charge in [-0.3, -0.25) is 4.79 Å². The summed E-state index contributed by atoms with van der Waals surface area (Å²) in [5.74, 6) is 0.889. The van der Waals surface area contributed by atoms with Gasteiger partial charge in [0.05, 0.1) is 5.75 Å². The minimum atomic E-state index is 0. The minimum absolute atomic E-state index is 0. The van der Waals surface area contributed by atoms with E-state index in [0.29, 0.717) is 5.75 Å². The number of allylic oxidation sites excluding steroid dienone is 1. The first kappa shape index (κ1) is 8.74. The number of thioether (sulfide) groups is 1. The smallest absolute Gasteiger partial charge is 0.429 e. The van der Waals surface area contributed by atoms with Crippen molar-refractivity contribution < 1.29 is 14.8 Å². The van der Waals surface area contributed by atoms with Gasteiger partial charge in [-0.25, -0.2) is 0 Å². The molecule has 0 aromatic rings. The number of hydrogen-bond donors (Lipinski definition) is 2. The Bertz CT molecular complexity index is 114. The number of hydrogen-bond acceptors (Lipinski definition) is 4. The Hall–Kier alpha value is -0.255. The molecule has 1 heterocycles. The summed E-state index contributed by atoms with van der Waals surface area (Å²) in [4.78, 5) is 10.1. The molecular formula is C4H6BO3S. The molecule has 0 unspecified atom stereocenters. The standard InChI is InChI=1S/C4H4OS.BH2O2/c5-4-1-2-6-3-4;2-1-3/h1-2H,3H2;2-3H. The molecule has 0 spiro atoms. The summed E-state index contributed by atoms with van der Waals surface area (Å²) in [6.07, 6.45) is 1.60. The largest absolute Gasteiger partial charge is 0.482 e. The third-order valence-corrected chi connectivity index (χ3v) is 1.36. The Kier molecular flexibility index (Phi) is 5.71. The molecular weight excluding hydrogens is 139 g/mol. The van der Waals surface area contributed by atoms with Crippen molar-refractivity contribution in [1.82, 2.24) is 0 Å². The van der Waals surface area contributed by atoms with Gasteiger partial charge in [0.15, 0.2) is 5.78 Å². The molecule has 3 nitrogen and oxygen atoms in total. The highest BCUT2D eigenvalue weighted by Crippen LogP contribution is 2.08. The van der Waals surface area contributed by atoms with Crippen LogP contribution in [0.25, 0.3) is 0 Å². The van der Waals surface area contributed by atoms with Crippen LogP contribution in [0.1, 0.15) is 0 Å². The second-order valence-electron chi connectivity index (χ2n) is 1.20. The molecule has 9 heavy (non-hydrogen) atoms. The van der Waals surface area contributed by atoms with Crippen molar-refractivity contribution in [2.24, 2.45) is 0 Å². The lowest BCUT2D eigenvalue weighted by Gasteiger charge is -1.71. The van der Waals surface area contributed by atoms with E-state index in [1.54, 1.807) is 17.8 Å². The van der Waals surface area contributed by atoms with Gasteiger partial charge in [-0.1, -0.05) is 0 Å². The second-order valence-corrected chi connectivity index (χ2v) is 2.09. The van der Waals surface area contributed by atoms with Crippen molar-refractivity contribution in [1.29, 1.82) is 0 Å². The predicted molar refractivity (Wildman–Crippen MR) is 36.8 cm³/mol. The summed E-state index contributed by atoms with van der Waals surface area (Å²) in [5.41, 5.74) is 0. The highest BCUT2D eigenvalue weighted by Gasteiger charge is 1.99. The highest BCUT2D eigenvalue weighted by atomic mass is 32.2. The van der Waals surface area contributed by atoms with E-state index in [4.69, 9.17) is 10.0 Å². The average Bonchev–Trinajstić information content (AvgIpc) is 2.20. The maximum absolute atomic E-state index is 10.1. The number of ketones is 1. The molecule has 0 atom stereocenters. The van der Waals surface area contributed by atoms with Gasteiger partial charge < -0.3 is 10.0 Å². The molecule has 5 heteroatoms. The topological polar surface area (TPSA) is 57.5 Å². The molecule has 1 radical (unpaired) electrons.